The lowest BCUT2D eigenvalue weighted by atomic mass is 10.2. The molecular formula is C14H27N3S2. The quantitative estimate of drug-likeness (QED) is 0.672. The standard InChI is InChI=1S/C14H27N3S2/c1-5-7-15-9-14-16-13(11-19-14)10-17(3)12(2)6-8-18-4/h11-12,15H,5-10H2,1-4H3. The third kappa shape index (κ3) is 6.75. The fourth-order valence-corrected chi connectivity index (χ4v) is 3.13. The van der Waals surface area contributed by atoms with Crippen LogP contribution in [-0.2, 0) is 13.1 Å². The summed E-state index contributed by atoms with van der Waals surface area (Å²) in [4.78, 5) is 7.09. The molecule has 1 unspecified atom stereocenters. The van der Waals surface area contributed by atoms with Gasteiger partial charge in [-0.1, -0.05) is 6.92 Å². The Balaban J connectivity index is 2.35. The number of aromatic nitrogens is 1. The second-order valence-corrected chi connectivity index (χ2v) is 6.88. The van der Waals surface area contributed by atoms with Crippen molar-refractivity contribution in [3.8, 4) is 0 Å². The lowest BCUT2D eigenvalue weighted by molar-refractivity contribution is 0.242. The fraction of sp³-hybridized carbons (Fsp3) is 0.786. The summed E-state index contributed by atoms with van der Waals surface area (Å²) in [6, 6.07) is 0.621. The normalized spacial score (nSPS) is 13.1. The van der Waals surface area contributed by atoms with Crippen LogP contribution >= 0.6 is 23.1 Å². The molecule has 110 valence electrons. The second kappa shape index (κ2) is 9.75. The van der Waals surface area contributed by atoms with Gasteiger partial charge in [0.2, 0.25) is 0 Å². The molecule has 19 heavy (non-hydrogen) atoms. The van der Waals surface area contributed by atoms with Gasteiger partial charge in [-0.05, 0) is 45.4 Å². The van der Waals surface area contributed by atoms with E-state index < -0.39 is 0 Å². The Labute approximate surface area is 126 Å². The maximum atomic E-state index is 4.69. The van der Waals surface area contributed by atoms with Crippen molar-refractivity contribution in [2.75, 3.05) is 25.6 Å². The summed E-state index contributed by atoms with van der Waals surface area (Å²) in [5.41, 5.74) is 1.21. The van der Waals surface area contributed by atoms with E-state index in [1.54, 1.807) is 11.3 Å². The van der Waals surface area contributed by atoms with Crippen molar-refractivity contribution in [2.45, 2.75) is 45.8 Å². The van der Waals surface area contributed by atoms with Crippen molar-refractivity contribution in [3.05, 3.63) is 16.1 Å². The van der Waals surface area contributed by atoms with Gasteiger partial charge in [0.1, 0.15) is 5.01 Å². The third-order valence-corrected chi connectivity index (χ3v) is 4.75. The van der Waals surface area contributed by atoms with Crippen molar-refractivity contribution in [1.82, 2.24) is 15.2 Å². The zero-order chi connectivity index (χ0) is 14.1. The van der Waals surface area contributed by atoms with E-state index in [-0.39, 0.29) is 0 Å². The van der Waals surface area contributed by atoms with Gasteiger partial charge >= 0.3 is 0 Å². The summed E-state index contributed by atoms with van der Waals surface area (Å²) in [7, 11) is 2.19. The molecule has 0 fully saturated rings. The van der Waals surface area contributed by atoms with Crippen LogP contribution in [0.5, 0.6) is 0 Å². The van der Waals surface area contributed by atoms with Crippen LogP contribution in [-0.4, -0.2) is 41.5 Å². The van der Waals surface area contributed by atoms with Gasteiger partial charge in [-0.25, -0.2) is 4.98 Å². The molecule has 1 aromatic heterocycles. The minimum atomic E-state index is 0.621. The van der Waals surface area contributed by atoms with E-state index in [0.717, 1.165) is 19.6 Å². The molecule has 0 amide bonds. The van der Waals surface area contributed by atoms with E-state index in [4.69, 9.17) is 4.98 Å². The van der Waals surface area contributed by atoms with Crippen LogP contribution in [0.3, 0.4) is 0 Å². The average Bonchev–Trinajstić information content (AvgIpc) is 2.83. The molecule has 0 radical (unpaired) electrons. The van der Waals surface area contributed by atoms with Crippen molar-refractivity contribution in [3.63, 3.8) is 0 Å². The minimum Gasteiger partial charge on any atom is -0.310 e. The lowest BCUT2D eigenvalue weighted by Crippen LogP contribution is -2.29. The maximum absolute atomic E-state index is 4.69. The SMILES string of the molecule is CCCNCc1nc(CN(C)C(C)CCSC)cs1. The Kier molecular flexibility index (Phi) is 8.70. The Hall–Kier alpha value is -0.100. The first-order chi connectivity index (χ1) is 9.17. The zero-order valence-electron chi connectivity index (χ0n) is 12.6. The molecule has 0 aliphatic heterocycles. The molecule has 0 saturated carbocycles. The molecule has 1 N–H and O–H groups in total. The molecule has 1 rings (SSSR count). The molecule has 5 heteroatoms. The molecule has 3 nitrogen and oxygen atoms in total. The topological polar surface area (TPSA) is 28.2 Å². The van der Waals surface area contributed by atoms with Crippen molar-refractivity contribution in [2.24, 2.45) is 0 Å². The molecule has 1 aromatic rings. The Morgan fingerprint density at radius 3 is 3.00 bits per heavy atom. The van der Waals surface area contributed by atoms with Crippen molar-refractivity contribution in [1.29, 1.82) is 0 Å². The van der Waals surface area contributed by atoms with E-state index >= 15 is 0 Å². The van der Waals surface area contributed by atoms with E-state index in [1.807, 2.05) is 11.8 Å². The zero-order valence-corrected chi connectivity index (χ0v) is 14.2. The van der Waals surface area contributed by atoms with Gasteiger partial charge in [0.15, 0.2) is 0 Å². The first kappa shape index (κ1) is 17.0. The maximum Gasteiger partial charge on any atom is 0.107 e. The lowest BCUT2D eigenvalue weighted by Gasteiger charge is -2.23. The fourth-order valence-electron chi connectivity index (χ4n) is 1.79. The number of rotatable bonds is 10. The van der Waals surface area contributed by atoms with Gasteiger partial charge in [-0.3, -0.25) is 4.90 Å². The van der Waals surface area contributed by atoms with Gasteiger partial charge in [0, 0.05) is 24.5 Å². The number of nitrogens with one attached hydrogen (secondary N) is 1. The molecule has 0 aromatic carbocycles. The highest BCUT2D eigenvalue weighted by Crippen LogP contribution is 2.14. The Morgan fingerprint density at radius 2 is 2.32 bits per heavy atom. The smallest absolute Gasteiger partial charge is 0.107 e. The van der Waals surface area contributed by atoms with E-state index in [9.17, 15) is 0 Å². The summed E-state index contributed by atoms with van der Waals surface area (Å²) in [5.74, 6) is 1.23. The summed E-state index contributed by atoms with van der Waals surface area (Å²) >= 11 is 3.69. The number of thiazole rings is 1. The molecular weight excluding hydrogens is 274 g/mol. The molecule has 1 heterocycles. The number of hydrogen-bond donors (Lipinski definition) is 1. The van der Waals surface area contributed by atoms with Gasteiger partial charge in [-0.2, -0.15) is 11.8 Å². The summed E-state index contributed by atoms with van der Waals surface area (Å²) in [6.07, 6.45) is 4.59. The van der Waals surface area contributed by atoms with Crippen LogP contribution in [0.15, 0.2) is 5.38 Å². The van der Waals surface area contributed by atoms with Crippen LogP contribution in [0.25, 0.3) is 0 Å². The minimum absolute atomic E-state index is 0.621. The van der Waals surface area contributed by atoms with Gasteiger partial charge in [-0.15, -0.1) is 11.3 Å². The molecule has 0 aliphatic carbocycles. The van der Waals surface area contributed by atoms with Crippen LogP contribution in [0, 0.1) is 0 Å². The van der Waals surface area contributed by atoms with Crippen LogP contribution in [0.1, 0.15) is 37.4 Å². The molecule has 0 aliphatic rings. The number of hydrogen-bond acceptors (Lipinski definition) is 5. The largest absolute Gasteiger partial charge is 0.310 e. The summed E-state index contributed by atoms with van der Waals surface area (Å²) in [6.45, 7) is 7.42. The van der Waals surface area contributed by atoms with Gasteiger partial charge in [0.25, 0.3) is 0 Å². The van der Waals surface area contributed by atoms with Crippen molar-refractivity contribution >= 4 is 23.1 Å². The first-order valence-electron chi connectivity index (χ1n) is 7.00. The second-order valence-electron chi connectivity index (χ2n) is 4.95. The summed E-state index contributed by atoms with van der Waals surface area (Å²) < 4.78 is 0. The van der Waals surface area contributed by atoms with E-state index in [1.165, 1.54) is 29.3 Å². The van der Waals surface area contributed by atoms with Crippen LogP contribution in [0.4, 0.5) is 0 Å². The monoisotopic (exact) mass is 301 g/mol. The Bertz CT molecular complexity index is 341. The first-order valence-corrected chi connectivity index (χ1v) is 9.27. The predicted molar refractivity (Wildman–Crippen MR) is 88.0 cm³/mol. The predicted octanol–water partition coefficient (Wildman–Crippen LogP) is 3.22. The van der Waals surface area contributed by atoms with Crippen LogP contribution < -0.4 is 5.32 Å². The Morgan fingerprint density at radius 1 is 1.53 bits per heavy atom. The van der Waals surface area contributed by atoms with Gasteiger partial charge < -0.3 is 5.32 Å². The average molecular weight is 302 g/mol. The van der Waals surface area contributed by atoms with Gasteiger partial charge in [0.05, 0.1) is 5.69 Å². The molecule has 1 atom stereocenters. The van der Waals surface area contributed by atoms with E-state index in [2.05, 4.69) is 42.7 Å². The highest BCUT2D eigenvalue weighted by atomic mass is 32.2. The number of nitrogens with zero attached hydrogens (tertiary/aromatic N) is 2. The number of thioether (sulfide) groups is 1. The summed E-state index contributed by atoms with van der Waals surface area (Å²) in [5, 5.41) is 6.80. The molecule has 0 bridgehead atoms. The van der Waals surface area contributed by atoms with E-state index in [0.29, 0.717) is 6.04 Å². The van der Waals surface area contributed by atoms with Crippen molar-refractivity contribution < 1.29 is 0 Å². The highest BCUT2D eigenvalue weighted by molar-refractivity contribution is 7.98. The van der Waals surface area contributed by atoms with Crippen LogP contribution in [0.2, 0.25) is 0 Å². The third-order valence-electron chi connectivity index (χ3n) is 3.21. The highest BCUT2D eigenvalue weighted by Gasteiger charge is 2.11. The molecule has 0 spiro atoms. The molecule has 0 saturated heterocycles.